The monoisotopic (exact) mass is 1390 g/mol. The molecule has 15 heteroatoms. The Labute approximate surface area is 606 Å². The predicted molar refractivity (Wildman–Crippen MR) is 405 cm³/mol. The Hall–Kier alpha value is -6.23. The van der Waals surface area contributed by atoms with Gasteiger partial charge in [-0.25, -0.2) is 9.18 Å². The molecule has 4 unspecified atom stereocenters. The van der Waals surface area contributed by atoms with Gasteiger partial charge in [0.2, 0.25) is 0 Å². The summed E-state index contributed by atoms with van der Waals surface area (Å²) in [6, 6.07) is 40.4. The lowest BCUT2D eigenvalue weighted by molar-refractivity contribution is 0.0145. The van der Waals surface area contributed by atoms with Gasteiger partial charge in [0.25, 0.3) is 5.91 Å². The van der Waals surface area contributed by atoms with Crippen LogP contribution in [0.15, 0.2) is 109 Å². The van der Waals surface area contributed by atoms with E-state index in [0.29, 0.717) is 41.8 Å². The number of para-hydroxylation sites is 2. The second kappa shape index (κ2) is 38.5. The highest BCUT2D eigenvalue weighted by atomic mass is 19.1. The molecule has 7 aliphatic heterocycles. The van der Waals surface area contributed by atoms with E-state index in [1.165, 1.54) is 183 Å². The molecule has 9 fully saturated rings. The highest BCUT2D eigenvalue weighted by Crippen LogP contribution is 2.46. The van der Waals surface area contributed by atoms with Gasteiger partial charge in [0.05, 0.1) is 35.0 Å². The minimum absolute atomic E-state index is 0.0540. The van der Waals surface area contributed by atoms with Crippen LogP contribution in [-0.2, 0) is 9.47 Å². The van der Waals surface area contributed by atoms with Crippen molar-refractivity contribution in [3.63, 3.8) is 0 Å². The van der Waals surface area contributed by atoms with Gasteiger partial charge in [-0.15, -0.1) is 0 Å². The molecule has 7 heterocycles. The molecule has 9 aliphatic rings. The average Bonchev–Trinajstić information content (AvgIpc) is 1.37. The van der Waals surface area contributed by atoms with Crippen molar-refractivity contribution >= 4 is 12.0 Å². The van der Waals surface area contributed by atoms with Gasteiger partial charge >= 0.3 is 6.09 Å². The number of rotatable bonds is 16. The summed E-state index contributed by atoms with van der Waals surface area (Å²) in [5, 5.41) is 2.68. The Bertz CT molecular complexity index is 3310. The normalized spacial score (nSPS) is 24.3. The van der Waals surface area contributed by atoms with Crippen molar-refractivity contribution in [1.29, 1.82) is 0 Å². The molecule has 0 aromatic heterocycles. The van der Waals surface area contributed by atoms with E-state index in [2.05, 4.69) is 98.6 Å². The minimum Gasteiger partial charge on any atom is -0.496 e. The first-order chi connectivity index (χ1) is 49.4. The largest absolute Gasteiger partial charge is 0.496 e. The maximum atomic E-state index is 13.7. The Morgan fingerprint density at radius 3 is 1.59 bits per heavy atom. The molecule has 0 radical (unpaired) electrons. The Kier molecular flexibility index (Phi) is 28.9. The number of nitrogens with zero attached hydrogens (tertiary/aromatic N) is 5. The fourth-order valence-corrected chi connectivity index (χ4v) is 19.1. The molecule has 5 atom stereocenters. The van der Waals surface area contributed by atoms with Gasteiger partial charge in [-0.05, 0) is 286 Å². The number of piperidine rings is 4. The number of methoxy groups -OCH3 is 4. The van der Waals surface area contributed by atoms with Crippen LogP contribution in [0, 0.1) is 17.7 Å². The highest BCUT2D eigenvalue weighted by Gasteiger charge is 2.43. The molecule has 7 saturated heterocycles. The number of fused-ring (bicyclic) bond motifs is 2. The zero-order chi connectivity index (χ0) is 70.5. The third-order valence-electron chi connectivity index (χ3n) is 24.7. The second-order valence-corrected chi connectivity index (χ2v) is 30.7. The van der Waals surface area contributed by atoms with Crippen LogP contribution in [0.4, 0.5) is 9.18 Å². The summed E-state index contributed by atoms with van der Waals surface area (Å²) in [4.78, 5) is 36.4. The summed E-state index contributed by atoms with van der Waals surface area (Å²) in [5.74, 6) is 7.49. The second-order valence-electron chi connectivity index (χ2n) is 30.7. The van der Waals surface area contributed by atoms with Crippen molar-refractivity contribution in [1.82, 2.24) is 29.8 Å². The topological polar surface area (TPSA) is 118 Å². The number of halogens is 1. The van der Waals surface area contributed by atoms with Gasteiger partial charge in [0.15, 0.2) is 0 Å². The van der Waals surface area contributed by atoms with Gasteiger partial charge < -0.3 is 53.3 Å². The van der Waals surface area contributed by atoms with Crippen molar-refractivity contribution in [2.45, 2.75) is 222 Å². The van der Waals surface area contributed by atoms with Crippen LogP contribution in [0.1, 0.15) is 224 Å². The first kappa shape index (κ1) is 75.9. The number of nitrogens with one attached hydrogen (secondary N) is 1. The van der Waals surface area contributed by atoms with Gasteiger partial charge in [0.1, 0.15) is 28.8 Å². The van der Waals surface area contributed by atoms with Crippen LogP contribution in [0.5, 0.6) is 23.0 Å². The molecular weight excluding hydrogens is 1260 g/mol. The van der Waals surface area contributed by atoms with Gasteiger partial charge in [-0.3, -0.25) is 9.69 Å². The fourth-order valence-electron chi connectivity index (χ4n) is 19.1. The van der Waals surface area contributed by atoms with E-state index in [1.807, 2.05) is 36.1 Å². The van der Waals surface area contributed by atoms with E-state index in [0.717, 1.165) is 142 Å². The quantitative estimate of drug-likeness (QED) is 0.101. The van der Waals surface area contributed by atoms with Gasteiger partial charge in [-0.2, -0.15) is 0 Å². The van der Waals surface area contributed by atoms with E-state index >= 15 is 0 Å². The van der Waals surface area contributed by atoms with Gasteiger partial charge in [-0.1, -0.05) is 93.6 Å². The van der Waals surface area contributed by atoms with Crippen LogP contribution in [0.2, 0.25) is 0 Å². The zero-order valence-electron chi connectivity index (χ0n) is 62.6. The SMILES string of the molecule is CCOC(=O)N1CCC(CN2CCC(c3cc(F)ccc3OC)CC2)CC1.CNC(=O)c1ccc(-c2ccc(OC)c(C3CCN(C4CCCCC4)CC3)c2)cc1.COc1ccccc1C1CCC2CCC(C1)N2C1CCOCC1.COc1ccccc1C1CCN(C2CCC[C@@H](C)C2)CC1. The number of carbonyl (C=O) groups excluding carboxylic acids is 2. The lowest BCUT2D eigenvalue weighted by Gasteiger charge is -2.41. The van der Waals surface area contributed by atoms with Crippen molar-refractivity contribution in [3.05, 3.63) is 143 Å². The number of amides is 2. The third-order valence-corrected chi connectivity index (χ3v) is 24.7. The van der Waals surface area contributed by atoms with E-state index < -0.39 is 0 Å². The Morgan fingerprint density at radius 1 is 0.475 bits per heavy atom. The molecule has 5 aromatic carbocycles. The molecule has 1 N–H and O–H groups in total. The summed E-state index contributed by atoms with van der Waals surface area (Å²) in [6.45, 7) is 16.3. The molecule has 101 heavy (non-hydrogen) atoms. The number of carbonyl (C=O) groups is 2. The van der Waals surface area contributed by atoms with E-state index in [1.54, 1.807) is 47.6 Å². The summed E-state index contributed by atoms with van der Waals surface area (Å²) in [7, 11) is 8.67. The van der Waals surface area contributed by atoms with Crippen molar-refractivity contribution in [2.24, 2.45) is 11.8 Å². The molecule has 2 amide bonds. The molecule has 14 nitrogen and oxygen atoms in total. The van der Waals surface area contributed by atoms with Crippen LogP contribution in [0.25, 0.3) is 11.1 Å². The molecule has 14 rings (SSSR count). The van der Waals surface area contributed by atoms with E-state index in [9.17, 15) is 14.0 Å². The summed E-state index contributed by atoms with van der Waals surface area (Å²) in [6.07, 6.45) is 30.8. The lowest BCUT2D eigenvalue weighted by atomic mass is 9.83. The predicted octanol–water partition coefficient (Wildman–Crippen LogP) is 17.5. The Balaban J connectivity index is 0.000000137. The summed E-state index contributed by atoms with van der Waals surface area (Å²) >= 11 is 0. The first-order valence-corrected chi connectivity index (χ1v) is 39.5. The van der Waals surface area contributed by atoms with Crippen LogP contribution >= 0.6 is 0 Å². The fraction of sp³-hybridized carbons (Fsp3) is 0.628. The molecule has 552 valence electrons. The minimum atomic E-state index is -0.193. The number of hydrogen-bond donors (Lipinski definition) is 1. The molecular formula is C86H123FN6O8. The van der Waals surface area contributed by atoms with Crippen LogP contribution in [0.3, 0.4) is 0 Å². The molecule has 2 bridgehead atoms. The number of likely N-dealkylation sites (tertiary alicyclic amines) is 4. The van der Waals surface area contributed by atoms with E-state index in [-0.39, 0.29) is 17.8 Å². The van der Waals surface area contributed by atoms with Crippen LogP contribution < -0.4 is 24.3 Å². The standard InChI is InChI=1S/C26H34N2O2.C21H31FN2O3.C20H29NO2.C19H29NO/c1-27-26(29)21-10-8-19(9-11-21)22-12-13-25(30-2)24(18-22)20-14-16-28(17-15-20)23-6-4-3-5-7-23;1-3-27-21(25)24-12-6-16(7-13-24)15-23-10-8-17(9-11-23)19-14-18(22)4-5-20(19)26-2;1-22-20-5-3-2-4-19(20)15-6-7-16-8-9-18(14-15)21(16)17-10-12-23-13-11-17;1-15-6-5-7-17(14-15)20-12-10-16(11-13-20)18-8-3-4-9-19(18)21-2/h8-13,18,20,23H,3-7,14-17H2,1-2H3,(H,27,29);4-5,14,16-17H,3,6-13,15H2,1-2H3;2-5,15-18H,6-14H2,1H3;3-4,8-9,15-17H,5-7,10-14H2,1-2H3/t;;;15-,17?/m...1/s1. The molecule has 0 spiro atoms. The maximum absolute atomic E-state index is 13.7. The Morgan fingerprint density at radius 2 is 0.990 bits per heavy atom. The highest BCUT2D eigenvalue weighted by molar-refractivity contribution is 5.94. The smallest absolute Gasteiger partial charge is 0.409 e. The number of benzene rings is 5. The van der Waals surface area contributed by atoms with Crippen molar-refractivity contribution in [2.75, 3.05) is 114 Å². The summed E-state index contributed by atoms with van der Waals surface area (Å²) < 4.78 is 46.7. The lowest BCUT2D eigenvalue weighted by Crippen LogP contribution is -2.46. The maximum Gasteiger partial charge on any atom is 0.409 e. The molecule has 5 aromatic rings. The molecule has 2 saturated carbocycles. The van der Waals surface area contributed by atoms with Gasteiger partial charge in [0, 0.05) is 81.2 Å². The first-order valence-electron chi connectivity index (χ1n) is 39.5. The zero-order valence-corrected chi connectivity index (χ0v) is 62.6. The third kappa shape index (κ3) is 20.4. The number of hydrogen-bond acceptors (Lipinski definition) is 12. The van der Waals surface area contributed by atoms with Crippen LogP contribution in [-0.4, -0.2) is 181 Å². The number of ether oxygens (including phenoxy) is 6. The van der Waals surface area contributed by atoms with E-state index in [4.69, 9.17) is 28.4 Å². The van der Waals surface area contributed by atoms with Crippen molar-refractivity contribution < 1.29 is 42.4 Å². The average molecular weight is 1390 g/mol. The summed E-state index contributed by atoms with van der Waals surface area (Å²) in [5.41, 5.74) is 8.17. The van der Waals surface area contributed by atoms with Crippen molar-refractivity contribution in [3.8, 4) is 34.1 Å². The molecule has 2 aliphatic carbocycles.